The molecule has 0 saturated carbocycles. The molecule has 0 aliphatic carbocycles. The molecule has 0 bridgehead atoms. The first-order valence-electron chi connectivity index (χ1n) is 10.6. The van der Waals surface area contributed by atoms with Crippen molar-refractivity contribution in [1.29, 1.82) is 0 Å². The van der Waals surface area contributed by atoms with Crippen LogP contribution in [0.3, 0.4) is 0 Å². The number of unbranched alkanes of at least 4 members (excludes halogenated alkanes) is 5. The minimum atomic E-state index is -0.432. The normalized spacial score (nSPS) is 20.3. The molecule has 26 heavy (non-hydrogen) atoms. The minimum absolute atomic E-state index is 0.195. The van der Waals surface area contributed by atoms with Gasteiger partial charge in [0, 0.05) is 6.61 Å². The third kappa shape index (κ3) is 8.66. The highest BCUT2D eigenvalue weighted by molar-refractivity contribution is 5.15. The summed E-state index contributed by atoms with van der Waals surface area (Å²) in [4.78, 5) is 0. The maximum absolute atomic E-state index is 6.27. The van der Waals surface area contributed by atoms with Crippen LogP contribution in [0.15, 0.2) is 30.3 Å². The highest BCUT2D eigenvalue weighted by Gasteiger charge is 2.32. The topological polar surface area (TPSA) is 27.7 Å². The maximum atomic E-state index is 6.27. The van der Waals surface area contributed by atoms with Gasteiger partial charge in [-0.15, -0.1) is 0 Å². The zero-order valence-corrected chi connectivity index (χ0v) is 17.0. The van der Waals surface area contributed by atoms with Crippen molar-refractivity contribution < 1.29 is 14.2 Å². The van der Waals surface area contributed by atoms with E-state index in [4.69, 9.17) is 14.2 Å². The summed E-state index contributed by atoms with van der Waals surface area (Å²) in [6.07, 6.45) is 11.3. The van der Waals surface area contributed by atoms with E-state index in [0.717, 1.165) is 25.9 Å². The number of ether oxygens (including phenoxy) is 3. The van der Waals surface area contributed by atoms with Crippen LogP contribution in [0.25, 0.3) is 0 Å². The Bertz CT molecular complexity index is 472. The first-order chi connectivity index (χ1) is 12.6. The van der Waals surface area contributed by atoms with Crippen molar-refractivity contribution in [2.45, 2.75) is 96.6 Å². The minimum Gasteiger partial charge on any atom is -0.378 e. The van der Waals surface area contributed by atoms with E-state index in [-0.39, 0.29) is 12.2 Å². The molecule has 0 N–H and O–H groups in total. The molecule has 148 valence electrons. The second-order valence-corrected chi connectivity index (χ2v) is 7.98. The van der Waals surface area contributed by atoms with Crippen molar-refractivity contribution in [3.05, 3.63) is 35.9 Å². The average Bonchev–Trinajstić information content (AvgIpc) is 2.98. The van der Waals surface area contributed by atoms with Crippen LogP contribution >= 0.6 is 0 Å². The van der Waals surface area contributed by atoms with Crippen molar-refractivity contribution >= 4 is 0 Å². The highest BCUT2D eigenvalue weighted by atomic mass is 16.7. The van der Waals surface area contributed by atoms with Gasteiger partial charge in [-0.3, -0.25) is 0 Å². The van der Waals surface area contributed by atoms with E-state index >= 15 is 0 Å². The molecule has 2 atom stereocenters. The van der Waals surface area contributed by atoms with Crippen molar-refractivity contribution in [1.82, 2.24) is 0 Å². The molecule has 1 aromatic carbocycles. The van der Waals surface area contributed by atoms with Gasteiger partial charge in [-0.2, -0.15) is 0 Å². The summed E-state index contributed by atoms with van der Waals surface area (Å²) in [5.74, 6) is -0.432. The molecule has 1 aliphatic heterocycles. The predicted molar refractivity (Wildman–Crippen MR) is 107 cm³/mol. The second kappa shape index (κ2) is 11.7. The van der Waals surface area contributed by atoms with Crippen molar-refractivity contribution in [3.63, 3.8) is 0 Å². The van der Waals surface area contributed by atoms with Crippen molar-refractivity contribution in [3.8, 4) is 0 Å². The van der Waals surface area contributed by atoms with E-state index in [1.54, 1.807) is 0 Å². The summed E-state index contributed by atoms with van der Waals surface area (Å²) in [5.41, 5.74) is 1.35. The molecule has 0 unspecified atom stereocenters. The van der Waals surface area contributed by atoms with Gasteiger partial charge in [0.1, 0.15) is 0 Å². The number of hydrogen-bond donors (Lipinski definition) is 0. The Kier molecular flexibility index (Phi) is 9.66. The third-order valence-corrected chi connectivity index (χ3v) is 5.04. The summed E-state index contributed by atoms with van der Waals surface area (Å²) in [6.45, 7) is 7.81. The molecule has 1 aromatic rings. The van der Waals surface area contributed by atoms with E-state index < -0.39 is 5.79 Å². The molecule has 0 spiro atoms. The molecule has 2 rings (SSSR count). The molecule has 0 amide bonds. The Morgan fingerprint density at radius 3 is 2.50 bits per heavy atom. The molecule has 0 radical (unpaired) electrons. The van der Waals surface area contributed by atoms with Gasteiger partial charge < -0.3 is 14.2 Å². The van der Waals surface area contributed by atoms with Crippen molar-refractivity contribution in [2.24, 2.45) is 0 Å². The lowest BCUT2D eigenvalue weighted by atomic mass is 10.0. The van der Waals surface area contributed by atoms with Gasteiger partial charge in [0.15, 0.2) is 5.79 Å². The third-order valence-electron chi connectivity index (χ3n) is 5.04. The predicted octanol–water partition coefficient (Wildman–Crippen LogP) is 5.91. The van der Waals surface area contributed by atoms with E-state index in [1.165, 1.54) is 44.1 Å². The fourth-order valence-corrected chi connectivity index (χ4v) is 3.53. The van der Waals surface area contributed by atoms with Gasteiger partial charge in [0.25, 0.3) is 0 Å². The number of benzene rings is 1. The maximum Gasteiger partial charge on any atom is 0.163 e. The Hall–Kier alpha value is -0.900. The SMILES string of the molecule is CCCCCCCCO[C@@H](CC[C@@H]1COC(C)(C)O1)Cc1ccccc1. The lowest BCUT2D eigenvalue weighted by molar-refractivity contribution is -0.139. The fourth-order valence-electron chi connectivity index (χ4n) is 3.53. The van der Waals surface area contributed by atoms with E-state index in [1.807, 2.05) is 13.8 Å². The van der Waals surface area contributed by atoms with Crippen LogP contribution in [0, 0.1) is 0 Å². The molecule has 1 fully saturated rings. The van der Waals surface area contributed by atoms with Crippen LogP contribution in [-0.2, 0) is 20.6 Å². The Morgan fingerprint density at radius 2 is 1.81 bits per heavy atom. The van der Waals surface area contributed by atoms with Gasteiger partial charge in [-0.05, 0) is 45.1 Å². The van der Waals surface area contributed by atoms with E-state index in [0.29, 0.717) is 6.61 Å². The molecular formula is C23H38O3. The van der Waals surface area contributed by atoms with Gasteiger partial charge in [-0.25, -0.2) is 0 Å². The van der Waals surface area contributed by atoms with Crippen LogP contribution in [0.5, 0.6) is 0 Å². The highest BCUT2D eigenvalue weighted by Crippen LogP contribution is 2.26. The van der Waals surface area contributed by atoms with Crippen LogP contribution in [0.1, 0.15) is 77.7 Å². The summed E-state index contributed by atoms with van der Waals surface area (Å²) in [6, 6.07) is 10.7. The van der Waals surface area contributed by atoms with E-state index in [2.05, 4.69) is 37.3 Å². The second-order valence-electron chi connectivity index (χ2n) is 7.98. The molecular weight excluding hydrogens is 324 g/mol. The number of hydrogen-bond acceptors (Lipinski definition) is 3. The lowest BCUT2D eigenvalue weighted by Crippen LogP contribution is -2.23. The summed E-state index contributed by atoms with van der Waals surface area (Å²) < 4.78 is 17.9. The first kappa shape index (κ1) is 21.4. The number of rotatable bonds is 13. The van der Waals surface area contributed by atoms with Crippen LogP contribution in [0.4, 0.5) is 0 Å². The molecule has 1 saturated heterocycles. The first-order valence-corrected chi connectivity index (χ1v) is 10.6. The Balaban J connectivity index is 1.72. The summed E-state index contributed by atoms with van der Waals surface area (Å²) >= 11 is 0. The average molecular weight is 363 g/mol. The quantitative estimate of drug-likeness (QED) is 0.408. The lowest BCUT2D eigenvalue weighted by Gasteiger charge is -2.21. The van der Waals surface area contributed by atoms with E-state index in [9.17, 15) is 0 Å². The van der Waals surface area contributed by atoms with Crippen molar-refractivity contribution in [2.75, 3.05) is 13.2 Å². The largest absolute Gasteiger partial charge is 0.378 e. The van der Waals surface area contributed by atoms with Gasteiger partial charge in [0.2, 0.25) is 0 Å². The zero-order chi connectivity index (χ0) is 18.7. The molecule has 1 aliphatic rings. The monoisotopic (exact) mass is 362 g/mol. The Labute approximate surface area is 160 Å². The van der Waals surface area contributed by atoms with Crippen LogP contribution in [0.2, 0.25) is 0 Å². The van der Waals surface area contributed by atoms with Gasteiger partial charge >= 0.3 is 0 Å². The Morgan fingerprint density at radius 1 is 1.08 bits per heavy atom. The fraction of sp³-hybridized carbons (Fsp3) is 0.739. The zero-order valence-electron chi connectivity index (χ0n) is 17.0. The molecule has 1 heterocycles. The van der Waals surface area contributed by atoms with Gasteiger partial charge in [0.05, 0.1) is 18.8 Å². The van der Waals surface area contributed by atoms with Gasteiger partial charge in [-0.1, -0.05) is 69.4 Å². The summed E-state index contributed by atoms with van der Waals surface area (Å²) in [7, 11) is 0. The molecule has 3 nitrogen and oxygen atoms in total. The standard InChI is InChI=1S/C23H38O3/c1-4-5-6-7-8-12-17-24-21(18-20-13-10-9-11-14-20)15-16-22-19-25-23(2,3)26-22/h9-11,13-14,21-22H,4-8,12,15-19H2,1-3H3/t21-,22+/m0/s1. The molecule has 3 heteroatoms. The molecule has 0 aromatic heterocycles. The summed E-state index contributed by atoms with van der Waals surface area (Å²) in [5, 5.41) is 0. The van der Waals surface area contributed by atoms with Crippen LogP contribution < -0.4 is 0 Å². The van der Waals surface area contributed by atoms with Crippen LogP contribution in [-0.4, -0.2) is 31.2 Å². The smallest absolute Gasteiger partial charge is 0.163 e.